The van der Waals surface area contributed by atoms with Crippen molar-refractivity contribution in [3.63, 3.8) is 0 Å². The fraction of sp³-hybridized carbons (Fsp3) is 0.133. The number of ether oxygens (including phenoxy) is 2. The Labute approximate surface area is 126 Å². The first kappa shape index (κ1) is 14.2. The maximum absolute atomic E-state index is 8.91. The van der Waals surface area contributed by atoms with E-state index in [0.717, 1.165) is 21.6 Å². The number of halogens is 1. The van der Waals surface area contributed by atoms with Crippen molar-refractivity contribution in [1.29, 1.82) is 5.26 Å². The molecular formula is C15H13BrN2O2. The van der Waals surface area contributed by atoms with Crippen LogP contribution in [0.15, 0.2) is 40.9 Å². The quantitative estimate of drug-likeness (QED) is 0.916. The summed E-state index contributed by atoms with van der Waals surface area (Å²) in [6.45, 7) is 0. The molecule has 102 valence electrons. The highest BCUT2D eigenvalue weighted by Crippen LogP contribution is 2.32. The minimum Gasteiger partial charge on any atom is -0.497 e. The highest BCUT2D eigenvalue weighted by molar-refractivity contribution is 9.10. The van der Waals surface area contributed by atoms with Crippen LogP contribution in [0.1, 0.15) is 5.56 Å². The monoisotopic (exact) mass is 332 g/mol. The molecule has 0 spiro atoms. The summed E-state index contributed by atoms with van der Waals surface area (Å²) in [7, 11) is 3.23. The topological polar surface area (TPSA) is 54.3 Å². The molecule has 2 aromatic rings. The van der Waals surface area contributed by atoms with Crippen molar-refractivity contribution in [2.75, 3.05) is 19.5 Å². The van der Waals surface area contributed by atoms with E-state index >= 15 is 0 Å². The molecule has 2 rings (SSSR count). The lowest BCUT2D eigenvalue weighted by molar-refractivity contribution is 0.405. The van der Waals surface area contributed by atoms with Crippen molar-refractivity contribution >= 4 is 27.3 Å². The standard InChI is InChI=1S/C15H13BrN2O2/c1-19-12-5-6-15(20-2)14(8-12)18-11-4-3-10(9-17)13(16)7-11/h3-8,18H,1-2H3. The summed E-state index contributed by atoms with van der Waals surface area (Å²) in [5, 5.41) is 12.2. The van der Waals surface area contributed by atoms with E-state index in [-0.39, 0.29) is 0 Å². The zero-order chi connectivity index (χ0) is 14.5. The molecule has 5 heteroatoms. The van der Waals surface area contributed by atoms with Gasteiger partial charge in [-0.1, -0.05) is 0 Å². The highest BCUT2D eigenvalue weighted by atomic mass is 79.9. The van der Waals surface area contributed by atoms with Gasteiger partial charge < -0.3 is 14.8 Å². The van der Waals surface area contributed by atoms with E-state index in [2.05, 4.69) is 27.3 Å². The number of nitrogens with one attached hydrogen (secondary N) is 1. The van der Waals surface area contributed by atoms with Crippen molar-refractivity contribution in [2.24, 2.45) is 0 Å². The van der Waals surface area contributed by atoms with E-state index in [9.17, 15) is 0 Å². The van der Waals surface area contributed by atoms with Crippen LogP contribution in [0.4, 0.5) is 11.4 Å². The number of methoxy groups -OCH3 is 2. The van der Waals surface area contributed by atoms with Crippen LogP contribution in [0.3, 0.4) is 0 Å². The summed E-state index contributed by atoms with van der Waals surface area (Å²) in [6, 6.07) is 13.1. The van der Waals surface area contributed by atoms with E-state index in [1.807, 2.05) is 30.3 Å². The van der Waals surface area contributed by atoms with Gasteiger partial charge in [-0.3, -0.25) is 0 Å². The van der Waals surface area contributed by atoms with Crippen LogP contribution >= 0.6 is 15.9 Å². The largest absolute Gasteiger partial charge is 0.497 e. The zero-order valence-corrected chi connectivity index (χ0v) is 12.7. The third kappa shape index (κ3) is 3.03. The third-order valence-electron chi connectivity index (χ3n) is 2.78. The summed E-state index contributed by atoms with van der Waals surface area (Å²) in [5.41, 5.74) is 2.24. The number of anilines is 2. The van der Waals surface area contributed by atoms with Gasteiger partial charge in [-0.05, 0) is 46.3 Å². The van der Waals surface area contributed by atoms with E-state index in [0.29, 0.717) is 11.3 Å². The van der Waals surface area contributed by atoms with Crippen LogP contribution in [-0.4, -0.2) is 14.2 Å². The Morgan fingerprint density at radius 2 is 1.90 bits per heavy atom. The van der Waals surface area contributed by atoms with Crippen molar-refractivity contribution < 1.29 is 9.47 Å². The molecule has 1 N–H and O–H groups in total. The molecule has 0 unspecified atom stereocenters. The second-order valence-electron chi connectivity index (χ2n) is 4.00. The fourth-order valence-electron chi connectivity index (χ4n) is 1.75. The molecule has 2 aromatic carbocycles. The highest BCUT2D eigenvalue weighted by Gasteiger charge is 2.07. The van der Waals surface area contributed by atoms with Gasteiger partial charge in [-0.2, -0.15) is 5.26 Å². The van der Waals surface area contributed by atoms with Gasteiger partial charge in [0.15, 0.2) is 0 Å². The summed E-state index contributed by atoms with van der Waals surface area (Å²) in [5.74, 6) is 1.45. The smallest absolute Gasteiger partial charge is 0.142 e. The van der Waals surface area contributed by atoms with Gasteiger partial charge in [-0.25, -0.2) is 0 Å². The first-order chi connectivity index (χ1) is 9.67. The second-order valence-corrected chi connectivity index (χ2v) is 4.85. The molecule has 0 saturated heterocycles. The van der Waals surface area contributed by atoms with Gasteiger partial charge in [-0.15, -0.1) is 0 Å². The summed E-state index contributed by atoms with van der Waals surface area (Å²) >= 11 is 3.37. The number of nitriles is 1. The van der Waals surface area contributed by atoms with E-state index < -0.39 is 0 Å². The van der Waals surface area contributed by atoms with Crippen LogP contribution in [0.25, 0.3) is 0 Å². The Morgan fingerprint density at radius 3 is 2.50 bits per heavy atom. The van der Waals surface area contributed by atoms with Crippen LogP contribution in [0.2, 0.25) is 0 Å². The van der Waals surface area contributed by atoms with Crippen molar-refractivity contribution in [1.82, 2.24) is 0 Å². The summed E-state index contributed by atoms with van der Waals surface area (Å²) in [4.78, 5) is 0. The molecule has 0 aliphatic heterocycles. The SMILES string of the molecule is COc1ccc(OC)c(Nc2ccc(C#N)c(Br)c2)c1. The van der Waals surface area contributed by atoms with Gasteiger partial charge in [0, 0.05) is 16.2 Å². The molecule has 0 radical (unpaired) electrons. The Hall–Kier alpha value is -2.19. The van der Waals surface area contributed by atoms with Crippen LogP contribution in [0.5, 0.6) is 11.5 Å². The van der Waals surface area contributed by atoms with E-state index in [1.165, 1.54) is 0 Å². The van der Waals surface area contributed by atoms with E-state index in [4.69, 9.17) is 14.7 Å². The predicted octanol–water partition coefficient (Wildman–Crippen LogP) is 4.08. The molecule has 0 aromatic heterocycles. The molecule has 20 heavy (non-hydrogen) atoms. The number of benzene rings is 2. The summed E-state index contributed by atoms with van der Waals surface area (Å²) in [6.07, 6.45) is 0. The Morgan fingerprint density at radius 1 is 1.10 bits per heavy atom. The van der Waals surface area contributed by atoms with Crippen LogP contribution in [0, 0.1) is 11.3 Å². The van der Waals surface area contributed by atoms with Gasteiger partial charge in [0.05, 0.1) is 25.5 Å². The van der Waals surface area contributed by atoms with Gasteiger partial charge >= 0.3 is 0 Å². The molecule has 0 aliphatic carbocycles. The fourth-order valence-corrected chi connectivity index (χ4v) is 2.22. The molecule has 0 bridgehead atoms. The Bertz CT molecular complexity index is 665. The second kappa shape index (κ2) is 6.31. The molecule has 0 atom stereocenters. The first-order valence-electron chi connectivity index (χ1n) is 5.86. The van der Waals surface area contributed by atoms with Crippen LogP contribution < -0.4 is 14.8 Å². The molecule has 0 heterocycles. The first-order valence-corrected chi connectivity index (χ1v) is 6.66. The lowest BCUT2D eigenvalue weighted by Crippen LogP contribution is -1.96. The van der Waals surface area contributed by atoms with Crippen molar-refractivity contribution in [2.45, 2.75) is 0 Å². The molecule has 0 saturated carbocycles. The number of hydrogen-bond acceptors (Lipinski definition) is 4. The maximum Gasteiger partial charge on any atom is 0.142 e. The zero-order valence-electron chi connectivity index (χ0n) is 11.1. The number of nitrogens with zero attached hydrogens (tertiary/aromatic N) is 1. The molecular weight excluding hydrogens is 320 g/mol. The van der Waals surface area contributed by atoms with Gasteiger partial charge in [0.2, 0.25) is 0 Å². The van der Waals surface area contributed by atoms with Crippen molar-refractivity contribution in [3.05, 3.63) is 46.4 Å². The van der Waals surface area contributed by atoms with Gasteiger partial charge in [0.1, 0.15) is 17.6 Å². The Kier molecular flexibility index (Phi) is 4.49. The van der Waals surface area contributed by atoms with Gasteiger partial charge in [0.25, 0.3) is 0 Å². The molecule has 0 aliphatic rings. The lowest BCUT2D eigenvalue weighted by atomic mass is 10.2. The maximum atomic E-state index is 8.91. The van der Waals surface area contributed by atoms with Crippen molar-refractivity contribution in [3.8, 4) is 17.6 Å². The Balaban J connectivity index is 2.34. The molecule has 0 amide bonds. The summed E-state index contributed by atoms with van der Waals surface area (Å²) < 4.78 is 11.3. The molecule has 0 fully saturated rings. The minimum atomic E-state index is 0.591. The number of rotatable bonds is 4. The average Bonchev–Trinajstić information content (AvgIpc) is 2.47. The van der Waals surface area contributed by atoms with E-state index in [1.54, 1.807) is 20.3 Å². The lowest BCUT2D eigenvalue weighted by Gasteiger charge is -2.13. The minimum absolute atomic E-state index is 0.591. The normalized spacial score (nSPS) is 9.70. The van der Waals surface area contributed by atoms with Crippen LogP contribution in [-0.2, 0) is 0 Å². The average molecular weight is 333 g/mol. The third-order valence-corrected chi connectivity index (χ3v) is 3.43. The molecule has 4 nitrogen and oxygen atoms in total. The number of hydrogen-bond donors (Lipinski definition) is 1. The predicted molar refractivity (Wildman–Crippen MR) is 81.7 cm³/mol.